The highest BCUT2D eigenvalue weighted by Crippen LogP contribution is 2.44. The average molecular weight is 425 g/mol. The number of rotatable bonds is 2. The first-order valence-corrected chi connectivity index (χ1v) is 10.6. The van der Waals surface area contributed by atoms with E-state index in [2.05, 4.69) is 10.3 Å². The molecule has 0 unspecified atom stereocenters. The second kappa shape index (κ2) is 6.63. The van der Waals surface area contributed by atoms with Crippen LogP contribution in [-0.2, 0) is 20.4 Å². The van der Waals surface area contributed by atoms with Crippen molar-refractivity contribution in [2.45, 2.75) is 38.5 Å². The molecule has 2 aliphatic heterocycles. The second-order valence-corrected chi connectivity index (χ2v) is 9.47. The predicted octanol–water partition coefficient (Wildman–Crippen LogP) is 5.23. The van der Waals surface area contributed by atoms with Gasteiger partial charge in [0.15, 0.2) is 0 Å². The molecule has 0 amide bonds. The number of nitrogens with one attached hydrogen (secondary N) is 1. The van der Waals surface area contributed by atoms with Crippen LogP contribution in [0.2, 0.25) is 0 Å². The molecule has 5 nitrogen and oxygen atoms in total. The third-order valence-electron chi connectivity index (χ3n) is 6.78. The topological polar surface area (TPSA) is 78.8 Å². The third kappa shape index (κ3) is 2.74. The Morgan fingerprint density at radius 3 is 2.19 bits per heavy atom. The van der Waals surface area contributed by atoms with Crippen molar-refractivity contribution in [3.63, 3.8) is 0 Å². The number of aliphatic hydroxyl groups is 1. The number of fused-ring (bicyclic) bond motifs is 2. The molecule has 2 aromatic rings. The molecule has 0 saturated carbocycles. The van der Waals surface area contributed by atoms with Crippen molar-refractivity contribution in [2.24, 2.45) is 4.99 Å². The van der Waals surface area contributed by atoms with Gasteiger partial charge < -0.3 is 10.4 Å². The van der Waals surface area contributed by atoms with Crippen molar-refractivity contribution >= 4 is 28.7 Å². The summed E-state index contributed by atoms with van der Waals surface area (Å²) in [6.07, 6.45) is 3.16. The monoisotopic (exact) mass is 424 g/mol. The van der Waals surface area contributed by atoms with Crippen molar-refractivity contribution in [2.75, 3.05) is 5.32 Å². The highest BCUT2D eigenvalue weighted by molar-refractivity contribution is 6.54. The SMILES string of the molecule is CC1(C)C(/C=C2\C(=O)C(=O)C(/C=C3/Nc4ccccc4C3(C)C)=C2O)=Nc2ccccc21. The van der Waals surface area contributed by atoms with Gasteiger partial charge in [0, 0.05) is 22.2 Å². The first-order valence-electron chi connectivity index (χ1n) is 10.6. The predicted molar refractivity (Wildman–Crippen MR) is 125 cm³/mol. The molecule has 2 aromatic carbocycles. The van der Waals surface area contributed by atoms with Crippen molar-refractivity contribution in [1.29, 1.82) is 0 Å². The van der Waals surface area contributed by atoms with Crippen LogP contribution < -0.4 is 5.32 Å². The van der Waals surface area contributed by atoms with Crippen LogP contribution in [0.15, 0.2) is 88.3 Å². The minimum Gasteiger partial charge on any atom is -0.506 e. The van der Waals surface area contributed by atoms with Gasteiger partial charge in [0.1, 0.15) is 5.76 Å². The zero-order chi connectivity index (χ0) is 22.8. The maximum atomic E-state index is 12.8. The molecule has 0 aromatic heterocycles. The van der Waals surface area contributed by atoms with E-state index in [1.165, 1.54) is 0 Å². The average Bonchev–Trinajstić information content (AvgIpc) is 3.25. The number of carbonyl (C=O) groups is 2. The zero-order valence-electron chi connectivity index (χ0n) is 18.5. The van der Waals surface area contributed by atoms with Gasteiger partial charge in [-0.1, -0.05) is 64.1 Å². The van der Waals surface area contributed by atoms with E-state index < -0.39 is 22.4 Å². The summed E-state index contributed by atoms with van der Waals surface area (Å²) in [5.74, 6) is -1.71. The summed E-state index contributed by atoms with van der Waals surface area (Å²) < 4.78 is 0. The van der Waals surface area contributed by atoms with Crippen LogP contribution in [0.1, 0.15) is 38.8 Å². The lowest BCUT2D eigenvalue weighted by molar-refractivity contribution is -0.131. The molecular weight excluding hydrogens is 400 g/mol. The van der Waals surface area contributed by atoms with Crippen molar-refractivity contribution in [3.05, 3.63) is 94.4 Å². The molecule has 0 atom stereocenters. The van der Waals surface area contributed by atoms with Crippen LogP contribution in [0.25, 0.3) is 0 Å². The van der Waals surface area contributed by atoms with Gasteiger partial charge in [-0.2, -0.15) is 0 Å². The number of benzene rings is 2. The molecule has 3 aliphatic rings. The van der Waals surface area contributed by atoms with E-state index >= 15 is 0 Å². The number of aliphatic imine (C=N–C) groups is 1. The molecule has 2 heterocycles. The lowest BCUT2D eigenvalue weighted by Crippen LogP contribution is -2.25. The van der Waals surface area contributed by atoms with Crippen molar-refractivity contribution in [1.82, 2.24) is 0 Å². The number of ketones is 2. The van der Waals surface area contributed by atoms with Gasteiger partial charge >= 0.3 is 0 Å². The van der Waals surface area contributed by atoms with Crippen LogP contribution >= 0.6 is 0 Å². The van der Waals surface area contributed by atoms with E-state index in [1.807, 2.05) is 76.2 Å². The molecule has 2 N–H and O–H groups in total. The fourth-order valence-corrected chi connectivity index (χ4v) is 4.67. The number of hydrogen-bond acceptors (Lipinski definition) is 5. The number of anilines is 1. The minimum atomic E-state index is -0.711. The van der Waals surface area contributed by atoms with E-state index in [-0.39, 0.29) is 16.9 Å². The molecule has 0 bridgehead atoms. The fourth-order valence-electron chi connectivity index (χ4n) is 4.67. The Morgan fingerprint density at radius 2 is 1.50 bits per heavy atom. The summed E-state index contributed by atoms with van der Waals surface area (Å²) >= 11 is 0. The summed E-state index contributed by atoms with van der Waals surface area (Å²) in [6.45, 7) is 8.12. The molecule has 5 rings (SSSR count). The number of nitrogens with zero attached hydrogens (tertiary/aromatic N) is 1. The molecule has 0 fully saturated rings. The number of allylic oxidation sites excluding steroid dienone is 5. The summed E-state index contributed by atoms with van der Waals surface area (Å²) in [6, 6.07) is 15.7. The van der Waals surface area contributed by atoms with Crippen molar-refractivity contribution < 1.29 is 14.7 Å². The minimum absolute atomic E-state index is 0.00482. The Balaban J connectivity index is 1.57. The van der Waals surface area contributed by atoms with Crippen molar-refractivity contribution in [3.8, 4) is 0 Å². The molecule has 0 saturated heterocycles. The first-order chi connectivity index (χ1) is 15.1. The smallest absolute Gasteiger partial charge is 0.237 e. The van der Waals surface area contributed by atoms with Crippen LogP contribution in [0.3, 0.4) is 0 Å². The van der Waals surface area contributed by atoms with E-state index in [4.69, 9.17) is 0 Å². The standard InChI is InChI=1S/C27H24N2O3/c1-26(2)17-9-5-7-11-19(17)28-21(26)13-15-23(30)16(25(32)24(15)31)14-22-27(3,4)18-10-6-8-12-20(18)29-22/h5-14,28,30H,1-4H3/b16-14-,21-13+. The van der Waals surface area contributed by atoms with Gasteiger partial charge in [-0.15, -0.1) is 0 Å². The molecule has 5 heteroatoms. The molecule has 32 heavy (non-hydrogen) atoms. The van der Waals surface area contributed by atoms with Gasteiger partial charge in [0.25, 0.3) is 0 Å². The van der Waals surface area contributed by atoms with E-state index in [0.717, 1.165) is 28.2 Å². The largest absolute Gasteiger partial charge is 0.506 e. The molecule has 0 radical (unpaired) electrons. The maximum Gasteiger partial charge on any atom is 0.237 e. The Morgan fingerprint density at radius 1 is 0.844 bits per heavy atom. The molecule has 0 spiro atoms. The first kappa shape index (κ1) is 20.2. The van der Waals surface area contributed by atoms with Crippen LogP contribution in [0.4, 0.5) is 11.4 Å². The van der Waals surface area contributed by atoms with E-state index in [9.17, 15) is 14.7 Å². The lowest BCUT2D eigenvalue weighted by Gasteiger charge is -2.20. The molecule has 1 aliphatic carbocycles. The summed E-state index contributed by atoms with van der Waals surface area (Å²) in [5, 5.41) is 14.3. The second-order valence-electron chi connectivity index (χ2n) is 9.47. The van der Waals surface area contributed by atoms with Crippen LogP contribution in [-0.4, -0.2) is 22.4 Å². The quantitative estimate of drug-likeness (QED) is 0.511. The van der Waals surface area contributed by atoms with E-state index in [0.29, 0.717) is 5.71 Å². The summed E-state index contributed by atoms with van der Waals surface area (Å²) in [4.78, 5) is 30.3. The lowest BCUT2D eigenvalue weighted by atomic mass is 9.81. The Kier molecular flexibility index (Phi) is 4.18. The maximum absolute atomic E-state index is 12.8. The molecular formula is C27H24N2O3. The highest BCUT2D eigenvalue weighted by atomic mass is 16.3. The number of hydrogen-bond donors (Lipinski definition) is 2. The van der Waals surface area contributed by atoms with Gasteiger partial charge in [0.2, 0.25) is 11.6 Å². The van der Waals surface area contributed by atoms with Gasteiger partial charge in [-0.3, -0.25) is 14.6 Å². The molecule has 160 valence electrons. The van der Waals surface area contributed by atoms with Crippen LogP contribution in [0, 0.1) is 0 Å². The summed E-state index contributed by atoms with van der Waals surface area (Å²) in [5.41, 5.74) is 4.51. The van der Waals surface area contributed by atoms with Gasteiger partial charge in [-0.05, 0) is 35.4 Å². The number of carbonyl (C=O) groups excluding carboxylic acids is 2. The van der Waals surface area contributed by atoms with Gasteiger partial charge in [-0.25, -0.2) is 0 Å². The Bertz CT molecular complexity index is 1340. The highest BCUT2D eigenvalue weighted by Gasteiger charge is 2.41. The van der Waals surface area contributed by atoms with Gasteiger partial charge in [0.05, 0.1) is 22.5 Å². The van der Waals surface area contributed by atoms with E-state index in [1.54, 1.807) is 12.2 Å². The number of aliphatic hydroxyl groups excluding tert-OH is 1. The third-order valence-corrected chi connectivity index (χ3v) is 6.78. The number of para-hydroxylation sites is 2. The normalized spacial score (nSPS) is 22.9. The number of Topliss-reactive ketones (excluding diaryl/α,β-unsaturated/α-hetero) is 2. The Hall–Kier alpha value is -3.73. The summed E-state index contributed by atoms with van der Waals surface area (Å²) in [7, 11) is 0. The van der Waals surface area contributed by atoms with Crippen LogP contribution in [0.5, 0.6) is 0 Å². The zero-order valence-corrected chi connectivity index (χ0v) is 18.5. The Labute approximate surface area is 186 Å². The fraction of sp³-hybridized carbons (Fsp3) is 0.222.